The molecule has 5 unspecified atom stereocenters. The van der Waals surface area contributed by atoms with Crippen molar-refractivity contribution in [2.24, 2.45) is 16.0 Å². The molecule has 3 aromatic rings. The zero-order chi connectivity index (χ0) is 34.1. The zero-order valence-electron chi connectivity index (χ0n) is 25.8. The van der Waals surface area contributed by atoms with E-state index in [-0.39, 0.29) is 30.7 Å². The Bertz CT molecular complexity index is 1650. The van der Waals surface area contributed by atoms with Gasteiger partial charge in [0.15, 0.2) is 0 Å². The molecular weight excluding hydrogens is 606 g/mol. The predicted octanol–water partition coefficient (Wildman–Crippen LogP) is 1.54. The molecule has 4 bridgehead atoms. The van der Waals surface area contributed by atoms with Gasteiger partial charge < -0.3 is 37.2 Å². The molecule has 3 aromatic carbocycles. The fourth-order valence-corrected chi connectivity index (χ4v) is 4.79. The van der Waals surface area contributed by atoms with Crippen LogP contribution in [0.3, 0.4) is 0 Å². The number of phenols is 1. The number of carboxylic acids is 1. The molecule has 5 rings (SSSR count). The number of nitrogens with zero attached hydrogens (tertiary/aromatic N) is 2. The van der Waals surface area contributed by atoms with E-state index in [0.29, 0.717) is 11.3 Å². The summed E-state index contributed by atoms with van der Waals surface area (Å²) in [6.07, 6.45) is 0.0706. The van der Waals surface area contributed by atoms with Crippen LogP contribution >= 0.6 is 0 Å². The van der Waals surface area contributed by atoms with Gasteiger partial charge in [0.05, 0.1) is 11.7 Å². The normalized spacial score (nSPS) is 23.1. The quantitative estimate of drug-likeness (QED) is 0.207. The van der Waals surface area contributed by atoms with Gasteiger partial charge in [-0.2, -0.15) is 5.11 Å². The summed E-state index contributed by atoms with van der Waals surface area (Å²) in [7, 11) is 0. The predicted molar refractivity (Wildman–Crippen MR) is 171 cm³/mol. The fraction of sp³-hybridized carbons (Fsp3) is 0.303. The molecule has 246 valence electrons. The molecule has 0 saturated carbocycles. The average Bonchev–Trinajstić information content (AvgIpc) is 3.04. The van der Waals surface area contributed by atoms with Crippen molar-refractivity contribution in [1.82, 2.24) is 21.3 Å². The number of azo groups is 1. The lowest BCUT2D eigenvalue weighted by molar-refractivity contribution is -0.142. The lowest BCUT2D eigenvalue weighted by Gasteiger charge is -2.24. The van der Waals surface area contributed by atoms with E-state index in [9.17, 15) is 34.2 Å². The number of nitrogens with two attached hydrogens (primary N) is 1. The van der Waals surface area contributed by atoms with E-state index in [1.807, 2.05) is 0 Å². The van der Waals surface area contributed by atoms with Gasteiger partial charge in [-0.05, 0) is 61.2 Å². The van der Waals surface area contributed by atoms with Crippen molar-refractivity contribution >= 4 is 41.0 Å². The number of benzene rings is 3. The molecule has 0 aromatic heterocycles. The molecule has 14 nitrogen and oxygen atoms in total. The molecule has 5 atom stereocenters. The van der Waals surface area contributed by atoms with Crippen LogP contribution in [0.4, 0.5) is 11.4 Å². The monoisotopic (exact) mass is 643 g/mol. The van der Waals surface area contributed by atoms with E-state index < -0.39 is 59.8 Å². The summed E-state index contributed by atoms with van der Waals surface area (Å²) >= 11 is 0. The van der Waals surface area contributed by atoms with Crippen LogP contribution in [-0.4, -0.2) is 70.0 Å². The minimum atomic E-state index is -1.38. The minimum Gasteiger partial charge on any atom is -0.506 e. The number of carboxylic acid groups (broad SMARTS) is 1. The third kappa shape index (κ3) is 9.68. The molecule has 0 radical (unpaired) electrons. The van der Waals surface area contributed by atoms with Crippen molar-refractivity contribution in [3.8, 4) is 5.75 Å². The summed E-state index contributed by atoms with van der Waals surface area (Å²) in [5, 5.41) is 38.6. The van der Waals surface area contributed by atoms with Crippen molar-refractivity contribution in [3.05, 3.63) is 89.5 Å². The summed E-state index contributed by atoms with van der Waals surface area (Å²) in [5.41, 5.74) is 8.54. The highest BCUT2D eigenvalue weighted by molar-refractivity contribution is 5.95. The van der Waals surface area contributed by atoms with Crippen molar-refractivity contribution in [3.63, 3.8) is 0 Å². The lowest BCUT2D eigenvalue weighted by atomic mass is 10.0. The molecule has 2 aliphatic rings. The molecule has 0 aliphatic carbocycles. The summed E-state index contributed by atoms with van der Waals surface area (Å²) in [6.45, 7) is 2.84. The number of phenolic OH excluding ortho intramolecular Hbond substituents is 1. The van der Waals surface area contributed by atoms with E-state index in [1.165, 1.54) is 32.0 Å². The van der Waals surface area contributed by atoms with Crippen LogP contribution in [0, 0.1) is 0 Å². The number of fused-ring (bicyclic) bond motifs is 16. The Morgan fingerprint density at radius 3 is 2.04 bits per heavy atom. The number of carbonyl (C=O) groups excluding carboxylic acids is 4. The van der Waals surface area contributed by atoms with Crippen molar-refractivity contribution in [2.45, 2.75) is 63.3 Å². The van der Waals surface area contributed by atoms with Crippen LogP contribution in [0.25, 0.3) is 0 Å². The molecule has 2 heterocycles. The first-order valence-corrected chi connectivity index (χ1v) is 15.0. The molecule has 8 N–H and O–H groups in total. The number of amides is 4. The first-order valence-electron chi connectivity index (χ1n) is 15.0. The Hall–Kier alpha value is -5.63. The summed E-state index contributed by atoms with van der Waals surface area (Å²) in [4.78, 5) is 64.6. The Morgan fingerprint density at radius 2 is 1.38 bits per heavy atom. The molecular formula is C33H37N7O7. The highest BCUT2D eigenvalue weighted by atomic mass is 16.4. The Balaban J connectivity index is 1.64. The van der Waals surface area contributed by atoms with Gasteiger partial charge in [-0.25, -0.2) is 4.79 Å². The first kappa shape index (κ1) is 34.2. The van der Waals surface area contributed by atoms with Crippen LogP contribution in [-0.2, 0) is 43.2 Å². The van der Waals surface area contributed by atoms with Gasteiger partial charge in [0.25, 0.3) is 0 Å². The second-order valence-corrected chi connectivity index (χ2v) is 11.3. The van der Waals surface area contributed by atoms with E-state index in [2.05, 4.69) is 31.5 Å². The van der Waals surface area contributed by atoms with Gasteiger partial charge >= 0.3 is 5.97 Å². The third-order valence-electron chi connectivity index (χ3n) is 7.52. The number of hydrogen-bond acceptors (Lipinski definition) is 9. The van der Waals surface area contributed by atoms with E-state index in [0.717, 1.165) is 11.1 Å². The average molecular weight is 644 g/mol. The molecule has 0 fully saturated rings. The maximum absolute atomic E-state index is 13.4. The fourth-order valence-electron chi connectivity index (χ4n) is 4.79. The topological polar surface area (TPSA) is 225 Å². The van der Waals surface area contributed by atoms with Crippen LogP contribution in [0.15, 0.2) is 83.0 Å². The molecule has 2 aliphatic heterocycles. The van der Waals surface area contributed by atoms with E-state index in [1.54, 1.807) is 54.6 Å². The number of aliphatic carboxylic acids is 1. The maximum Gasteiger partial charge on any atom is 0.326 e. The van der Waals surface area contributed by atoms with E-state index >= 15 is 0 Å². The molecule has 14 heteroatoms. The number of aromatic hydroxyl groups is 1. The zero-order valence-corrected chi connectivity index (χ0v) is 25.8. The Labute approximate surface area is 270 Å². The highest BCUT2D eigenvalue weighted by Gasteiger charge is 2.29. The molecule has 47 heavy (non-hydrogen) atoms. The van der Waals surface area contributed by atoms with Crippen LogP contribution in [0.5, 0.6) is 5.75 Å². The molecule has 0 spiro atoms. The standard InChI is InChI=1S/C33H37N7O7/c1-18-29(42)37-26(15-20-6-4-3-5-7-20)32(45)36-19(2)30(43)38-27(33(46)47)17-22-10-13-28(41)25(16-22)40-39-23-11-8-21(9-12-23)14-24(34)31(44)35-18/h3-13,16,18-19,24,26-27,41H,14-15,17,34H2,1-2H3,(H,35,44)(H,36,45)(H,37,42)(H,38,43)(H,46,47). The second-order valence-electron chi connectivity index (χ2n) is 11.3. The van der Waals surface area contributed by atoms with E-state index in [4.69, 9.17) is 5.73 Å². The second kappa shape index (κ2) is 15.6. The number of nitrogens with one attached hydrogen (secondary N) is 4. The van der Waals surface area contributed by atoms with Gasteiger partial charge in [-0.1, -0.05) is 48.5 Å². The molecule has 0 saturated heterocycles. The number of carbonyl (C=O) groups is 5. The van der Waals surface area contributed by atoms with Gasteiger partial charge in [-0.15, -0.1) is 5.11 Å². The van der Waals surface area contributed by atoms with Crippen molar-refractivity contribution < 1.29 is 34.2 Å². The maximum atomic E-state index is 13.4. The van der Waals surface area contributed by atoms with Crippen LogP contribution < -0.4 is 27.0 Å². The third-order valence-corrected chi connectivity index (χ3v) is 7.52. The summed E-state index contributed by atoms with van der Waals surface area (Å²) in [5.74, 6) is -4.21. The van der Waals surface area contributed by atoms with Gasteiger partial charge in [-0.3, -0.25) is 19.2 Å². The number of rotatable bonds is 3. The van der Waals surface area contributed by atoms with Gasteiger partial charge in [0, 0.05) is 12.8 Å². The first-order chi connectivity index (χ1) is 22.4. The van der Waals surface area contributed by atoms with Gasteiger partial charge in [0.1, 0.15) is 35.6 Å². The van der Waals surface area contributed by atoms with Crippen molar-refractivity contribution in [2.75, 3.05) is 0 Å². The van der Waals surface area contributed by atoms with Crippen LogP contribution in [0.1, 0.15) is 30.5 Å². The lowest BCUT2D eigenvalue weighted by Crippen LogP contribution is -2.58. The summed E-state index contributed by atoms with van der Waals surface area (Å²) < 4.78 is 0. The number of hydrogen-bond donors (Lipinski definition) is 7. The smallest absolute Gasteiger partial charge is 0.326 e. The van der Waals surface area contributed by atoms with Crippen molar-refractivity contribution in [1.29, 1.82) is 0 Å². The summed E-state index contributed by atoms with van der Waals surface area (Å²) in [6, 6.07) is 14.1. The molecule has 4 amide bonds. The Kier molecular flexibility index (Phi) is 11.4. The Morgan fingerprint density at radius 1 is 0.766 bits per heavy atom. The minimum absolute atomic E-state index is 0.0706. The van der Waals surface area contributed by atoms with Gasteiger partial charge in [0.2, 0.25) is 23.6 Å². The van der Waals surface area contributed by atoms with Crippen LogP contribution in [0.2, 0.25) is 0 Å². The SMILES string of the molecule is CC1NC(=O)C(N)Cc2ccc(cc2)N=Nc2cc(ccc2O)CC(C(=O)O)NC(=O)C(C)NC(=O)C(Cc2ccccc2)NC1=O. The highest BCUT2D eigenvalue weighted by Crippen LogP contribution is 2.30. The largest absolute Gasteiger partial charge is 0.506 e.